The van der Waals surface area contributed by atoms with Gasteiger partial charge in [0.05, 0.1) is 10.6 Å². The molecule has 42 heavy (non-hydrogen) atoms. The van der Waals surface area contributed by atoms with Crippen LogP contribution in [0.25, 0.3) is 0 Å². The van der Waals surface area contributed by atoms with Crippen molar-refractivity contribution in [2.24, 2.45) is 0 Å². The number of anilines is 1. The number of likely N-dealkylation sites (N-methyl/N-ethyl adjacent to an activating group) is 1. The zero-order valence-electron chi connectivity index (χ0n) is 23.2. The van der Waals surface area contributed by atoms with Gasteiger partial charge in [-0.3, -0.25) is 13.9 Å². The highest BCUT2D eigenvalue weighted by Gasteiger charge is 2.34. The highest BCUT2D eigenvalue weighted by molar-refractivity contribution is 9.10. The predicted molar refractivity (Wildman–Crippen MR) is 170 cm³/mol. The molecule has 0 bridgehead atoms. The van der Waals surface area contributed by atoms with Crippen LogP contribution in [-0.2, 0) is 32.6 Å². The number of halogens is 2. The fraction of sp³-hybridized carbons (Fsp3) is 0.188. The molecule has 1 N–H and O–H groups in total. The summed E-state index contributed by atoms with van der Waals surface area (Å²) < 4.78 is 30.0. The number of hydrogen-bond acceptors (Lipinski definition) is 4. The summed E-state index contributed by atoms with van der Waals surface area (Å²) in [7, 11) is -2.67. The number of aryl methyl sites for hydroxylation is 1. The van der Waals surface area contributed by atoms with Gasteiger partial charge in [-0.15, -0.1) is 0 Å². The quantitative estimate of drug-likeness (QED) is 0.213. The van der Waals surface area contributed by atoms with E-state index in [1.165, 1.54) is 30.1 Å². The van der Waals surface area contributed by atoms with Crippen LogP contribution in [0.4, 0.5) is 5.69 Å². The van der Waals surface area contributed by atoms with Gasteiger partial charge in [-0.2, -0.15) is 0 Å². The maximum absolute atomic E-state index is 14.3. The Hall–Kier alpha value is -3.66. The average molecular weight is 669 g/mol. The molecule has 0 aliphatic heterocycles. The molecule has 0 aliphatic rings. The van der Waals surface area contributed by atoms with Crippen LogP contribution < -0.4 is 9.62 Å². The molecule has 7 nitrogen and oxygen atoms in total. The molecule has 0 fully saturated rings. The molecule has 0 heterocycles. The van der Waals surface area contributed by atoms with Gasteiger partial charge in [0.15, 0.2) is 0 Å². The number of carbonyl (C=O) groups excluding carboxylic acids is 2. The van der Waals surface area contributed by atoms with Crippen LogP contribution in [-0.4, -0.2) is 44.8 Å². The van der Waals surface area contributed by atoms with Gasteiger partial charge < -0.3 is 10.2 Å². The number of sulfonamides is 1. The molecule has 1 atom stereocenters. The molecule has 4 aromatic carbocycles. The molecular formula is C32H31BrClN3O4S. The van der Waals surface area contributed by atoms with Crippen molar-refractivity contribution in [3.8, 4) is 0 Å². The molecule has 0 aliphatic carbocycles. The third-order valence-electron chi connectivity index (χ3n) is 6.83. The van der Waals surface area contributed by atoms with Crippen LogP contribution in [0.2, 0.25) is 5.02 Å². The van der Waals surface area contributed by atoms with E-state index in [1.54, 1.807) is 37.3 Å². The lowest BCUT2D eigenvalue weighted by Gasteiger charge is -2.34. The zero-order chi connectivity index (χ0) is 30.3. The molecule has 0 aromatic heterocycles. The highest BCUT2D eigenvalue weighted by atomic mass is 79.9. The Morgan fingerprint density at radius 1 is 0.881 bits per heavy atom. The summed E-state index contributed by atoms with van der Waals surface area (Å²) >= 11 is 9.74. The number of benzene rings is 4. The Morgan fingerprint density at radius 2 is 1.50 bits per heavy atom. The van der Waals surface area contributed by atoms with Crippen molar-refractivity contribution in [3.63, 3.8) is 0 Å². The summed E-state index contributed by atoms with van der Waals surface area (Å²) in [5.41, 5.74) is 2.55. The van der Waals surface area contributed by atoms with Crippen LogP contribution >= 0.6 is 27.5 Å². The minimum atomic E-state index is -4.19. The molecule has 10 heteroatoms. The first-order chi connectivity index (χ1) is 20.1. The maximum atomic E-state index is 14.3. The first kappa shape index (κ1) is 31.3. The van der Waals surface area contributed by atoms with E-state index in [-0.39, 0.29) is 29.5 Å². The molecule has 4 aromatic rings. The Labute approximate surface area is 260 Å². The highest BCUT2D eigenvalue weighted by Crippen LogP contribution is 2.30. The maximum Gasteiger partial charge on any atom is 0.264 e. The van der Waals surface area contributed by atoms with Crippen molar-refractivity contribution in [2.45, 2.75) is 30.8 Å². The molecule has 0 spiro atoms. The summed E-state index contributed by atoms with van der Waals surface area (Å²) in [6, 6.07) is 28.7. The number of rotatable bonds is 11. The van der Waals surface area contributed by atoms with E-state index >= 15 is 0 Å². The largest absolute Gasteiger partial charge is 0.357 e. The second-order valence-corrected chi connectivity index (χ2v) is 12.9. The number of nitrogens with zero attached hydrogens (tertiary/aromatic N) is 2. The number of carbonyl (C=O) groups is 2. The van der Waals surface area contributed by atoms with E-state index in [0.29, 0.717) is 10.6 Å². The molecular weight excluding hydrogens is 638 g/mol. The van der Waals surface area contributed by atoms with E-state index in [9.17, 15) is 18.0 Å². The van der Waals surface area contributed by atoms with Gasteiger partial charge in [-0.05, 0) is 60.0 Å². The van der Waals surface area contributed by atoms with Crippen LogP contribution in [0.5, 0.6) is 0 Å². The molecule has 0 saturated carbocycles. The Kier molecular flexibility index (Phi) is 10.4. The van der Waals surface area contributed by atoms with Crippen molar-refractivity contribution in [3.05, 3.63) is 129 Å². The Bertz CT molecular complexity index is 1640. The number of amides is 2. The van der Waals surface area contributed by atoms with Gasteiger partial charge in [0.1, 0.15) is 12.6 Å². The van der Waals surface area contributed by atoms with E-state index in [2.05, 4.69) is 21.2 Å². The lowest BCUT2D eigenvalue weighted by Crippen LogP contribution is -2.53. The van der Waals surface area contributed by atoms with E-state index in [4.69, 9.17) is 11.6 Å². The summed E-state index contributed by atoms with van der Waals surface area (Å²) in [5.74, 6) is -0.901. The van der Waals surface area contributed by atoms with Crippen LogP contribution in [0.15, 0.2) is 112 Å². The first-order valence-electron chi connectivity index (χ1n) is 13.2. The smallest absolute Gasteiger partial charge is 0.264 e. The Balaban J connectivity index is 1.81. The lowest BCUT2D eigenvalue weighted by molar-refractivity contribution is -0.139. The average Bonchev–Trinajstić information content (AvgIpc) is 3.00. The molecule has 0 radical (unpaired) electrons. The van der Waals surface area contributed by atoms with Gasteiger partial charge >= 0.3 is 0 Å². The first-order valence-corrected chi connectivity index (χ1v) is 15.8. The van der Waals surface area contributed by atoms with Gasteiger partial charge in [0, 0.05) is 29.5 Å². The van der Waals surface area contributed by atoms with Crippen molar-refractivity contribution in [1.82, 2.24) is 10.2 Å². The molecule has 218 valence electrons. The number of hydrogen-bond donors (Lipinski definition) is 1. The van der Waals surface area contributed by atoms with Crippen LogP contribution in [0.1, 0.15) is 16.7 Å². The van der Waals surface area contributed by atoms with E-state index in [0.717, 1.165) is 19.9 Å². The predicted octanol–water partition coefficient (Wildman–Crippen LogP) is 5.99. The Morgan fingerprint density at radius 3 is 2.12 bits per heavy atom. The molecule has 2 amide bonds. The van der Waals surface area contributed by atoms with Crippen LogP contribution in [0.3, 0.4) is 0 Å². The van der Waals surface area contributed by atoms with Crippen molar-refractivity contribution in [2.75, 3.05) is 17.9 Å². The minimum absolute atomic E-state index is 0.0313. The van der Waals surface area contributed by atoms with Gasteiger partial charge in [0.2, 0.25) is 11.8 Å². The van der Waals surface area contributed by atoms with Crippen molar-refractivity contribution >= 4 is 55.1 Å². The van der Waals surface area contributed by atoms with E-state index in [1.807, 2.05) is 54.6 Å². The third-order valence-corrected chi connectivity index (χ3v) is 9.37. The van der Waals surface area contributed by atoms with Gasteiger partial charge in [-0.25, -0.2) is 8.42 Å². The summed E-state index contributed by atoms with van der Waals surface area (Å²) in [5, 5.41) is 3.01. The van der Waals surface area contributed by atoms with Crippen LogP contribution in [0, 0.1) is 6.92 Å². The third kappa shape index (κ3) is 7.59. The van der Waals surface area contributed by atoms with Gasteiger partial charge in [-0.1, -0.05) is 94.3 Å². The topological polar surface area (TPSA) is 86.8 Å². The minimum Gasteiger partial charge on any atom is -0.357 e. The van der Waals surface area contributed by atoms with Gasteiger partial charge in [0.25, 0.3) is 10.0 Å². The monoisotopic (exact) mass is 667 g/mol. The second-order valence-electron chi connectivity index (χ2n) is 9.72. The molecule has 0 saturated heterocycles. The fourth-order valence-corrected chi connectivity index (χ4v) is 6.51. The fourth-order valence-electron chi connectivity index (χ4n) is 4.59. The standard InChI is InChI=1S/C32H31BrClN3O4S/c1-23-13-18-27(34)20-29(23)37(42(40,41)28-11-7-4-8-12-28)22-31(38)36(21-25-14-16-26(33)17-15-25)30(32(39)35-2)19-24-9-5-3-6-10-24/h3-18,20,30H,19,21-22H2,1-2H3,(H,35,39)/t30-/m1/s1. The van der Waals surface area contributed by atoms with Crippen molar-refractivity contribution in [1.29, 1.82) is 0 Å². The normalized spacial score (nSPS) is 11.9. The zero-order valence-corrected chi connectivity index (χ0v) is 26.4. The molecule has 4 rings (SSSR count). The summed E-state index contributed by atoms with van der Waals surface area (Å²) in [4.78, 5) is 29.1. The van der Waals surface area contributed by atoms with Crippen molar-refractivity contribution < 1.29 is 18.0 Å². The van der Waals surface area contributed by atoms with E-state index < -0.39 is 28.5 Å². The SMILES string of the molecule is CNC(=O)[C@@H](Cc1ccccc1)N(Cc1ccc(Br)cc1)C(=O)CN(c1cc(Cl)ccc1C)S(=O)(=O)c1ccccc1. The second kappa shape index (κ2) is 14.0. The molecule has 0 unspecified atom stereocenters. The number of nitrogens with one attached hydrogen (secondary N) is 1. The summed E-state index contributed by atoms with van der Waals surface area (Å²) in [6.07, 6.45) is 0.240. The summed E-state index contributed by atoms with van der Waals surface area (Å²) in [6.45, 7) is 1.30. The lowest BCUT2D eigenvalue weighted by atomic mass is 10.0.